The van der Waals surface area contributed by atoms with Gasteiger partial charge in [-0.15, -0.1) is 0 Å². The third-order valence-corrected chi connectivity index (χ3v) is 4.39. The molecule has 8 heteroatoms. The fourth-order valence-electron chi connectivity index (χ4n) is 2.52. The van der Waals surface area contributed by atoms with Crippen LogP contribution >= 0.6 is 11.6 Å². The number of halogens is 1. The van der Waals surface area contributed by atoms with Gasteiger partial charge >= 0.3 is 11.8 Å². The molecule has 1 aromatic heterocycles. The van der Waals surface area contributed by atoms with Crippen molar-refractivity contribution in [3.63, 3.8) is 0 Å². The minimum atomic E-state index is -0.769. The maximum Gasteiger partial charge on any atom is 0.313 e. The fraction of sp³-hybridized carbons (Fsp3) is 0.158. The van der Waals surface area contributed by atoms with Gasteiger partial charge in [0.15, 0.2) is 0 Å². The maximum absolute atomic E-state index is 12.4. The molecule has 0 bridgehead atoms. The molecule has 1 heterocycles. The van der Waals surface area contributed by atoms with Crippen molar-refractivity contribution in [1.29, 1.82) is 0 Å². The second kappa shape index (κ2) is 8.46. The number of carbonyl (C=O) groups is 2. The van der Waals surface area contributed by atoms with E-state index in [4.69, 9.17) is 11.6 Å². The first-order chi connectivity index (χ1) is 13.0. The average molecular weight is 384 g/mol. The van der Waals surface area contributed by atoms with Gasteiger partial charge in [-0.25, -0.2) is 4.98 Å². The third-order valence-electron chi connectivity index (χ3n) is 3.98. The van der Waals surface area contributed by atoms with Crippen molar-refractivity contribution in [2.75, 3.05) is 5.32 Å². The summed E-state index contributed by atoms with van der Waals surface area (Å²) in [6.07, 6.45) is 2.97. The number of aromatic nitrogens is 3. The second-order valence-corrected chi connectivity index (χ2v) is 6.38. The molecule has 0 unspecified atom stereocenters. The summed E-state index contributed by atoms with van der Waals surface area (Å²) in [5.74, 6) is -1.52. The summed E-state index contributed by atoms with van der Waals surface area (Å²) < 4.78 is 1.59. The highest BCUT2D eigenvalue weighted by Crippen LogP contribution is 2.20. The van der Waals surface area contributed by atoms with Crippen LogP contribution in [0.5, 0.6) is 0 Å². The third kappa shape index (κ3) is 4.92. The molecular formula is C19H18ClN5O2. The van der Waals surface area contributed by atoms with E-state index in [0.717, 1.165) is 11.1 Å². The van der Waals surface area contributed by atoms with Gasteiger partial charge < -0.3 is 10.6 Å². The molecule has 0 radical (unpaired) electrons. The van der Waals surface area contributed by atoms with Crippen LogP contribution in [-0.2, 0) is 16.1 Å². The monoisotopic (exact) mass is 383 g/mol. The highest BCUT2D eigenvalue weighted by atomic mass is 35.5. The van der Waals surface area contributed by atoms with Crippen molar-refractivity contribution in [3.8, 4) is 0 Å². The van der Waals surface area contributed by atoms with E-state index in [9.17, 15) is 9.59 Å². The van der Waals surface area contributed by atoms with Gasteiger partial charge in [-0.1, -0.05) is 48.0 Å². The van der Waals surface area contributed by atoms with Gasteiger partial charge in [0.05, 0.1) is 12.6 Å². The van der Waals surface area contributed by atoms with Crippen molar-refractivity contribution in [2.24, 2.45) is 0 Å². The van der Waals surface area contributed by atoms with Crippen molar-refractivity contribution in [3.05, 3.63) is 77.3 Å². The Labute approximate surface area is 161 Å². The van der Waals surface area contributed by atoms with E-state index in [1.54, 1.807) is 29.2 Å². The number of nitrogens with one attached hydrogen (secondary N) is 2. The van der Waals surface area contributed by atoms with Crippen LogP contribution in [0.3, 0.4) is 0 Å². The predicted octanol–water partition coefficient (Wildman–Crippen LogP) is 2.74. The molecule has 0 aliphatic rings. The van der Waals surface area contributed by atoms with Gasteiger partial charge in [-0.05, 0) is 30.2 Å². The van der Waals surface area contributed by atoms with E-state index < -0.39 is 17.9 Å². The number of anilines is 1. The van der Waals surface area contributed by atoms with Crippen molar-refractivity contribution < 1.29 is 9.59 Å². The molecule has 0 saturated carbocycles. The standard InChI is InChI=1S/C19H18ClN5O2/c1-13-7-8-15(9-16(13)20)23-18(26)19(27)24-17(10-25-12-21-11-22-25)14-5-3-2-4-6-14/h2-9,11-12,17H,10H2,1H3,(H,23,26)(H,24,27)/t17-/m1/s1. The van der Waals surface area contributed by atoms with Gasteiger partial charge in [-0.2, -0.15) is 5.10 Å². The molecular weight excluding hydrogens is 366 g/mol. The Morgan fingerprint density at radius 3 is 2.59 bits per heavy atom. The van der Waals surface area contributed by atoms with Crippen LogP contribution in [0, 0.1) is 6.92 Å². The number of hydrogen-bond acceptors (Lipinski definition) is 4. The summed E-state index contributed by atoms with van der Waals surface area (Å²) in [5, 5.41) is 9.87. The van der Waals surface area contributed by atoms with Gasteiger partial charge in [0.25, 0.3) is 0 Å². The van der Waals surface area contributed by atoms with Crippen LogP contribution < -0.4 is 10.6 Å². The summed E-state index contributed by atoms with van der Waals surface area (Å²) in [6, 6.07) is 14.0. The first-order valence-corrected chi connectivity index (χ1v) is 8.66. The summed E-state index contributed by atoms with van der Waals surface area (Å²) in [6.45, 7) is 2.20. The van der Waals surface area contributed by atoms with E-state index in [1.165, 1.54) is 6.33 Å². The van der Waals surface area contributed by atoms with E-state index in [-0.39, 0.29) is 0 Å². The van der Waals surface area contributed by atoms with Crippen LogP contribution in [0.1, 0.15) is 17.2 Å². The molecule has 7 nitrogen and oxygen atoms in total. The van der Waals surface area contributed by atoms with Crippen molar-refractivity contribution >= 4 is 29.1 Å². The fourth-order valence-corrected chi connectivity index (χ4v) is 2.70. The van der Waals surface area contributed by atoms with Crippen LogP contribution in [0.2, 0.25) is 5.02 Å². The molecule has 1 atom stereocenters. The smallest absolute Gasteiger partial charge is 0.313 e. The first-order valence-electron chi connectivity index (χ1n) is 8.28. The summed E-state index contributed by atoms with van der Waals surface area (Å²) in [5.41, 5.74) is 2.20. The molecule has 2 aromatic carbocycles. The van der Waals surface area contributed by atoms with Crippen molar-refractivity contribution in [2.45, 2.75) is 19.5 Å². The van der Waals surface area contributed by atoms with Crippen molar-refractivity contribution in [1.82, 2.24) is 20.1 Å². The number of aryl methyl sites for hydroxylation is 1. The Morgan fingerprint density at radius 2 is 1.93 bits per heavy atom. The summed E-state index contributed by atoms with van der Waals surface area (Å²) in [4.78, 5) is 28.6. The lowest BCUT2D eigenvalue weighted by atomic mass is 10.1. The quantitative estimate of drug-likeness (QED) is 0.663. The molecule has 3 rings (SSSR count). The Kier molecular flexibility index (Phi) is 5.83. The summed E-state index contributed by atoms with van der Waals surface area (Å²) >= 11 is 6.05. The minimum absolute atomic E-state index is 0.347. The molecule has 27 heavy (non-hydrogen) atoms. The minimum Gasteiger partial charge on any atom is -0.339 e. The molecule has 2 N–H and O–H groups in total. The molecule has 0 saturated heterocycles. The van der Waals surface area contributed by atoms with Gasteiger partial charge in [0.2, 0.25) is 0 Å². The normalized spacial score (nSPS) is 11.6. The topological polar surface area (TPSA) is 88.9 Å². The highest BCUT2D eigenvalue weighted by molar-refractivity contribution is 6.40. The first kappa shape index (κ1) is 18.6. The van der Waals surface area contributed by atoms with Crippen LogP contribution in [-0.4, -0.2) is 26.6 Å². The van der Waals surface area contributed by atoms with Gasteiger partial charge in [0, 0.05) is 10.7 Å². The number of carbonyl (C=O) groups excluding carboxylic acids is 2. The number of nitrogens with zero attached hydrogens (tertiary/aromatic N) is 3. The van der Waals surface area contributed by atoms with E-state index in [0.29, 0.717) is 17.3 Å². The Hall–Kier alpha value is -3.19. The lowest BCUT2D eigenvalue weighted by Crippen LogP contribution is -2.39. The molecule has 0 aliphatic carbocycles. The predicted molar refractivity (Wildman–Crippen MR) is 102 cm³/mol. The molecule has 0 fully saturated rings. The largest absolute Gasteiger partial charge is 0.339 e. The van der Waals surface area contributed by atoms with E-state index in [2.05, 4.69) is 20.7 Å². The summed E-state index contributed by atoms with van der Waals surface area (Å²) in [7, 11) is 0. The number of hydrogen-bond donors (Lipinski definition) is 2. The molecule has 138 valence electrons. The zero-order valence-corrected chi connectivity index (χ0v) is 15.3. The Morgan fingerprint density at radius 1 is 1.15 bits per heavy atom. The zero-order chi connectivity index (χ0) is 19.2. The van der Waals surface area contributed by atoms with Gasteiger partial charge in [0.1, 0.15) is 12.7 Å². The molecule has 2 amide bonds. The van der Waals surface area contributed by atoms with E-state index in [1.807, 2.05) is 37.3 Å². The lowest BCUT2D eigenvalue weighted by molar-refractivity contribution is -0.136. The molecule has 0 aliphatic heterocycles. The van der Waals surface area contributed by atoms with Crippen LogP contribution in [0.25, 0.3) is 0 Å². The lowest BCUT2D eigenvalue weighted by Gasteiger charge is -2.19. The van der Waals surface area contributed by atoms with Crippen LogP contribution in [0.15, 0.2) is 61.2 Å². The second-order valence-electron chi connectivity index (χ2n) is 5.97. The highest BCUT2D eigenvalue weighted by Gasteiger charge is 2.21. The zero-order valence-electron chi connectivity index (χ0n) is 14.6. The SMILES string of the molecule is Cc1ccc(NC(=O)C(=O)N[C@H](Cn2cncn2)c2ccccc2)cc1Cl. The molecule has 3 aromatic rings. The van der Waals surface area contributed by atoms with Crippen LogP contribution in [0.4, 0.5) is 5.69 Å². The average Bonchev–Trinajstić information content (AvgIpc) is 3.18. The van der Waals surface area contributed by atoms with E-state index >= 15 is 0 Å². The number of amides is 2. The maximum atomic E-state index is 12.4. The Balaban J connectivity index is 1.71. The van der Waals surface area contributed by atoms with Gasteiger partial charge in [-0.3, -0.25) is 14.3 Å². The number of rotatable bonds is 5. The number of benzene rings is 2. The molecule has 0 spiro atoms. The Bertz CT molecular complexity index is 929.